The van der Waals surface area contributed by atoms with Crippen LogP contribution in [0.1, 0.15) is 11.1 Å². The third-order valence-corrected chi connectivity index (χ3v) is 2.30. The highest BCUT2D eigenvalue weighted by Crippen LogP contribution is 2.23. The van der Waals surface area contributed by atoms with Crippen LogP contribution in [-0.4, -0.2) is 12.2 Å². The molecule has 2 rings (SSSR count). The zero-order valence-electron chi connectivity index (χ0n) is 7.19. The molecule has 1 aliphatic carbocycles. The number of carbonyl (C=O) groups is 1. The SMILES string of the molecule is NC(=O)OC1Cc2ccccc2C1. The number of primary amides is 1. The minimum Gasteiger partial charge on any atom is -0.446 e. The molecule has 0 unspecified atom stereocenters. The first-order valence-corrected chi connectivity index (χ1v) is 4.28. The fourth-order valence-electron chi connectivity index (χ4n) is 1.77. The Balaban J connectivity index is 2.09. The number of carbonyl (C=O) groups excluding carboxylic acids is 1. The molecule has 1 aliphatic rings. The second-order valence-electron chi connectivity index (χ2n) is 3.24. The topological polar surface area (TPSA) is 52.3 Å². The van der Waals surface area contributed by atoms with Gasteiger partial charge in [0.1, 0.15) is 6.10 Å². The summed E-state index contributed by atoms with van der Waals surface area (Å²) < 4.78 is 4.93. The summed E-state index contributed by atoms with van der Waals surface area (Å²) in [7, 11) is 0. The average molecular weight is 177 g/mol. The summed E-state index contributed by atoms with van der Waals surface area (Å²) in [6, 6.07) is 8.09. The van der Waals surface area contributed by atoms with Crippen LogP contribution in [-0.2, 0) is 17.6 Å². The average Bonchev–Trinajstić information content (AvgIpc) is 2.44. The van der Waals surface area contributed by atoms with E-state index in [2.05, 4.69) is 12.1 Å². The van der Waals surface area contributed by atoms with Crippen molar-refractivity contribution >= 4 is 6.09 Å². The summed E-state index contributed by atoms with van der Waals surface area (Å²) in [6.45, 7) is 0. The zero-order chi connectivity index (χ0) is 9.26. The summed E-state index contributed by atoms with van der Waals surface area (Å²) in [5.41, 5.74) is 7.46. The molecular formula is C10H11NO2. The molecule has 0 atom stereocenters. The second-order valence-corrected chi connectivity index (χ2v) is 3.24. The third kappa shape index (κ3) is 1.64. The molecule has 0 saturated heterocycles. The van der Waals surface area contributed by atoms with Crippen LogP contribution < -0.4 is 5.73 Å². The van der Waals surface area contributed by atoms with Gasteiger partial charge in [0.2, 0.25) is 0 Å². The zero-order valence-corrected chi connectivity index (χ0v) is 7.19. The predicted molar refractivity (Wildman–Crippen MR) is 48.3 cm³/mol. The molecule has 68 valence electrons. The minimum absolute atomic E-state index is 0.0603. The van der Waals surface area contributed by atoms with Crippen LogP contribution in [0.4, 0.5) is 4.79 Å². The highest BCUT2D eigenvalue weighted by molar-refractivity contribution is 5.65. The second kappa shape index (κ2) is 3.09. The number of fused-ring (bicyclic) bond motifs is 1. The van der Waals surface area contributed by atoms with Crippen molar-refractivity contribution < 1.29 is 9.53 Å². The Bertz CT molecular complexity index is 310. The van der Waals surface area contributed by atoms with Gasteiger partial charge in [0, 0.05) is 12.8 Å². The molecule has 1 amide bonds. The van der Waals surface area contributed by atoms with Crippen LogP contribution in [0.25, 0.3) is 0 Å². The molecule has 13 heavy (non-hydrogen) atoms. The smallest absolute Gasteiger partial charge is 0.404 e. The van der Waals surface area contributed by atoms with Gasteiger partial charge in [-0.2, -0.15) is 0 Å². The lowest BCUT2D eigenvalue weighted by Gasteiger charge is -2.07. The maximum Gasteiger partial charge on any atom is 0.404 e. The van der Waals surface area contributed by atoms with E-state index >= 15 is 0 Å². The van der Waals surface area contributed by atoms with Crippen LogP contribution in [0, 0.1) is 0 Å². The Hall–Kier alpha value is -1.51. The Morgan fingerprint density at radius 3 is 2.31 bits per heavy atom. The van der Waals surface area contributed by atoms with E-state index in [1.165, 1.54) is 11.1 Å². The van der Waals surface area contributed by atoms with Crippen molar-refractivity contribution in [2.45, 2.75) is 18.9 Å². The number of ether oxygens (including phenoxy) is 1. The van der Waals surface area contributed by atoms with E-state index in [0.717, 1.165) is 12.8 Å². The van der Waals surface area contributed by atoms with Crippen molar-refractivity contribution in [1.29, 1.82) is 0 Å². The van der Waals surface area contributed by atoms with E-state index < -0.39 is 6.09 Å². The van der Waals surface area contributed by atoms with E-state index in [4.69, 9.17) is 10.5 Å². The molecule has 3 heteroatoms. The van der Waals surface area contributed by atoms with Crippen molar-refractivity contribution in [3.8, 4) is 0 Å². The van der Waals surface area contributed by atoms with Crippen molar-refractivity contribution in [1.82, 2.24) is 0 Å². The first-order valence-electron chi connectivity index (χ1n) is 4.28. The largest absolute Gasteiger partial charge is 0.446 e. The molecule has 2 N–H and O–H groups in total. The molecule has 0 radical (unpaired) electrons. The number of amides is 1. The molecule has 0 bridgehead atoms. The van der Waals surface area contributed by atoms with E-state index in [1.54, 1.807) is 0 Å². The van der Waals surface area contributed by atoms with Crippen LogP contribution in [0.2, 0.25) is 0 Å². The highest BCUT2D eigenvalue weighted by Gasteiger charge is 2.22. The van der Waals surface area contributed by atoms with E-state index in [-0.39, 0.29) is 6.10 Å². The van der Waals surface area contributed by atoms with Crippen LogP contribution in [0.3, 0.4) is 0 Å². The molecule has 3 nitrogen and oxygen atoms in total. The van der Waals surface area contributed by atoms with Gasteiger partial charge in [-0.05, 0) is 11.1 Å². The molecule has 0 aromatic heterocycles. The standard InChI is InChI=1S/C10H11NO2/c11-10(12)13-9-5-7-3-1-2-4-8(7)6-9/h1-4,9H,5-6H2,(H2,11,12). The van der Waals surface area contributed by atoms with Crippen LogP contribution >= 0.6 is 0 Å². The van der Waals surface area contributed by atoms with Gasteiger partial charge in [-0.15, -0.1) is 0 Å². The van der Waals surface area contributed by atoms with Gasteiger partial charge in [0.15, 0.2) is 0 Å². The first-order chi connectivity index (χ1) is 6.25. The van der Waals surface area contributed by atoms with E-state index in [9.17, 15) is 4.79 Å². The maximum atomic E-state index is 10.5. The predicted octanol–water partition coefficient (Wildman–Crippen LogP) is 1.25. The molecular weight excluding hydrogens is 166 g/mol. The summed E-state index contributed by atoms with van der Waals surface area (Å²) >= 11 is 0. The third-order valence-electron chi connectivity index (χ3n) is 2.30. The molecule has 1 aromatic rings. The normalized spacial score (nSPS) is 15.4. The lowest BCUT2D eigenvalue weighted by atomic mass is 10.1. The summed E-state index contributed by atoms with van der Waals surface area (Å²) in [5, 5.41) is 0. The van der Waals surface area contributed by atoms with Gasteiger partial charge < -0.3 is 10.5 Å². The van der Waals surface area contributed by atoms with Gasteiger partial charge in [-0.25, -0.2) is 4.79 Å². The summed E-state index contributed by atoms with van der Waals surface area (Å²) in [4.78, 5) is 10.5. The quantitative estimate of drug-likeness (QED) is 0.701. The minimum atomic E-state index is -0.683. The number of hydrogen-bond donors (Lipinski definition) is 1. The molecule has 0 fully saturated rings. The summed E-state index contributed by atoms with van der Waals surface area (Å²) in [6.07, 6.45) is 0.839. The Labute approximate surface area is 76.5 Å². The van der Waals surface area contributed by atoms with E-state index in [1.807, 2.05) is 12.1 Å². The maximum absolute atomic E-state index is 10.5. The number of rotatable bonds is 1. The lowest BCUT2D eigenvalue weighted by Crippen LogP contribution is -2.22. The van der Waals surface area contributed by atoms with Crippen LogP contribution in [0.5, 0.6) is 0 Å². The van der Waals surface area contributed by atoms with Gasteiger partial charge in [-0.3, -0.25) is 0 Å². The fourth-order valence-corrected chi connectivity index (χ4v) is 1.77. The molecule has 0 spiro atoms. The van der Waals surface area contributed by atoms with Gasteiger partial charge in [0.25, 0.3) is 0 Å². The highest BCUT2D eigenvalue weighted by atomic mass is 16.6. The first kappa shape index (κ1) is 8.10. The molecule has 1 aromatic carbocycles. The molecule has 0 saturated carbocycles. The van der Waals surface area contributed by atoms with Gasteiger partial charge in [-0.1, -0.05) is 24.3 Å². The van der Waals surface area contributed by atoms with Crippen molar-refractivity contribution in [2.75, 3.05) is 0 Å². The fraction of sp³-hybridized carbons (Fsp3) is 0.300. The van der Waals surface area contributed by atoms with Crippen molar-refractivity contribution in [2.24, 2.45) is 5.73 Å². The van der Waals surface area contributed by atoms with Crippen LogP contribution in [0.15, 0.2) is 24.3 Å². The lowest BCUT2D eigenvalue weighted by molar-refractivity contribution is 0.112. The van der Waals surface area contributed by atoms with Gasteiger partial charge >= 0.3 is 6.09 Å². The van der Waals surface area contributed by atoms with Crippen molar-refractivity contribution in [3.05, 3.63) is 35.4 Å². The summed E-state index contributed by atoms with van der Waals surface area (Å²) in [5.74, 6) is 0. The molecule has 0 heterocycles. The Kier molecular flexibility index (Phi) is 1.93. The Morgan fingerprint density at radius 1 is 1.31 bits per heavy atom. The number of nitrogens with two attached hydrogens (primary N) is 1. The molecule has 0 aliphatic heterocycles. The van der Waals surface area contributed by atoms with E-state index in [0.29, 0.717) is 0 Å². The number of hydrogen-bond acceptors (Lipinski definition) is 2. The Morgan fingerprint density at radius 2 is 1.85 bits per heavy atom. The number of benzene rings is 1. The van der Waals surface area contributed by atoms with Gasteiger partial charge in [0.05, 0.1) is 0 Å². The van der Waals surface area contributed by atoms with Crippen molar-refractivity contribution in [3.63, 3.8) is 0 Å². The monoisotopic (exact) mass is 177 g/mol.